The summed E-state index contributed by atoms with van der Waals surface area (Å²) < 4.78 is 31.5. The summed E-state index contributed by atoms with van der Waals surface area (Å²) in [5.74, 6) is -1.21. The van der Waals surface area contributed by atoms with E-state index in [9.17, 15) is 18.3 Å². The predicted octanol–water partition coefficient (Wildman–Crippen LogP) is 2.63. The monoisotopic (exact) mass is 369 g/mol. The normalized spacial score (nSPS) is 11.4. The minimum atomic E-state index is -3.81. The molecule has 0 amide bonds. The minimum Gasteiger partial charge on any atom is -0.478 e. The number of rotatable bonds is 7. The van der Waals surface area contributed by atoms with Gasteiger partial charge in [0.25, 0.3) is 0 Å². The lowest BCUT2D eigenvalue weighted by molar-refractivity contribution is 0.0697. The van der Waals surface area contributed by atoms with E-state index in [1.54, 1.807) is 24.3 Å². The van der Waals surface area contributed by atoms with E-state index in [0.717, 1.165) is 6.07 Å². The summed E-state index contributed by atoms with van der Waals surface area (Å²) >= 11 is 5.83. The topological polar surface area (TPSA) is 92.7 Å². The van der Waals surface area contributed by atoms with Gasteiger partial charge in [-0.05, 0) is 35.4 Å². The SMILES string of the molecule is COCCNS(=O)(=O)c1ccc(-c2ccc(Cl)cc2)c(C(=O)O)c1. The van der Waals surface area contributed by atoms with Crippen molar-refractivity contribution in [2.24, 2.45) is 0 Å². The van der Waals surface area contributed by atoms with Gasteiger partial charge in [-0.3, -0.25) is 0 Å². The van der Waals surface area contributed by atoms with Crippen LogP contribution in [0.2, 0.25) is 5.02 Å². The van der Waals surface area contributed by atoms with E-state index < -0.39 is 16.0 Å². The molecule has 6 nitrogen and oxygen atoms in total. The number of sulfonamides is 1. The molecule has 0 fully saturated rings. The van der Waals surface area contributed by atoms with Crippen LogP contribution in [-0.2, 0) is 14.8 Å². The second kappa shape index (κ2) is 7.76. The Balaban J connectivity index is 2.43. The number of hydrogen-bond donors (Lipinski definition) is 2. The summed E-state index contributed by atoms with van der Waals surface area (Å²) in [4.78, 5) is 11.4. The van der Waals surface area contributed by atoms with Crippen molar-refractivity contribution in [1.29, 1.82) is 0 Å². The first-order chi connectivity index (χ1) is 11.3. The molecule has 2 rings (SSSR count). The van der Waals surface area contributed by atoms with E-state index in [1.807, 2.05) is 0 Å². The van der Waals surface area contributed by atoms with E-state index in [2.05, 4.69) is 4.72 Å². The molecule has 0 unspecified atom stereocenters. The number of carboxylic acids is 1. The molecule has 0 heterocycles. The van der Waals surface area contributed by atoms with E-state index in [0.29, 0.717) is 16.1 Å². The molecule has 128 valence electrons. The van der Waals surface area contributed by atoms with Crippen molar-refractivity contribution in [1.82, 2.24) is 4.72 Å². The first-order valence-corrected chi connectivity index (χ1v) is 8.83. The lowest BCUT2D eigenvalue weighted by atomic mass is 10.00. The number of methoxy groups -OCH3 is 1. The molecule has 0 radical (unpaired) electrons. The first kappa shape index (κ1) is 18.4. The van der Waals surface area contributed by atoms with Crippen LogP contribution in [0.15, 0.2) is 47.4 Å². The summed E-state index contributed by atoms with van der Waals surface area (Å²) in [7, 11) is -2.35. The predicted molar refractivity (Wildman–Crippen MR) is 90.9 cm³/mol. The summed E-state index contributed by atoms with van der Waals surface area (Å²) in [5.41, 5.74) is 0.940. The van der Waals surface area contributed by atoms with Crippen LogP contribution in [0, 0.1) is 0 Å². The number of hydrogen-bond acceptors (Lipinski definition) is 4. The Kier molecular flexibility index (Phi) is 5.95. The molecule has 2 aromatic carbocycles. The average Bonchev–Trinajstić information content (AvgIpc) is 2.55. The van der Waals surface area contributed by atoms with Gasteiger partial charge >= 0.3 is 5.97 Å². The summed E-state index contributed by atoms with van der Waals surface area (Å²) in [6.07, 6.45) is 0. The molecule has 0 atom stereocenters. The molecule has 24 heavy (non-hydrogen) atoms. The van der Waals surface area contributed by atoms with Crippen LogP contribution in [0.25, 0.3) is 11.1 Å². The summed E-state index contributed by atoms with van der Waals surface area (Å²) in [6, 6.07) is 10.6. The van der Waals surface area contributed by atoms with Gasteiger partial charge in [-0.25, -0.2) is 17.9 Å². The molecule has 2 aromatic rings. The highest BCUT2D eigenvalue weighted by atomic mass is 35.5. The maximum Gasteiger partial charge on any atom is 0.336 e. The van der Waals surface area contributed by atoms with Crippen molar-refractivity contribution >= 4 is 27.6 Å². The van der Waals surface area contributed by atoms with Crippen molar-refractivity contribution in [3.05, 3.63) is 53.1 Å². The lowest BCUT2D eigenvalue weighted by Gasteiger charge is -2.11. The number of carbonyl (C=O) groups is 1. The molecule has 0 aliphatic carbocycles. The Bertz CT molecular complexity index is 834. The molecule has 2 N–H and O–H groups in total. The second-order valence-electron chi connectivity index (χ2n) is 4.91. The van der Waals surface area contributed by atoms with E-state index in [4.69, 9.17) is 16.3 Å². The second-order valence-corrected chi connectivity index (χ2v) is 7.11. The van der Waals surface area contributed by atoms with Crippen molar-refractivity contribution in [3.8, 4) is 11.1 Å². The maximum absolute atomic E-state index is 12.2. The van der Waals surface area contributed by atoms with Crippen molar-refractivity contribution < 1.29 is 23.1 Å². The Morgan fingerprint density at radius 3 is 2.46 bits per heavy atom. The standard InChI is InChI=1S/C16H16ClNO5S/c1-23-9-8-18-24(21,22)13-6-7-14(15(10-13)16(19)20)11-2-4-12(17)5-3-11/h2-7,10,18H,8-9H2,1H3,(H,19,20). The van der Waals surface area contributed by atoms with Gasteiger partial charge in [0.1, 0.15) is 0 Å². The van der Waals surface area contributed by atoms with Crippen LogP contribution in [0.4, 0.5) is 0 Å². The van der Waals surface area contributed by atoms with Gasteiger partial charge in [-0.1, -0.05) is 29.8 Å². The van der Waals surface area contributed by atoms with Crippen LogP contribution in [0.5, 0.6) is 0 Å². The third-order valence-electron chi connectivity index (χ3n) is 3.29. The number of aromatic carboxylic acids is 1. The highest BCUT2D eigenvalue weighted by molar-refractivity contribution is 7.89. The molecule has 0 spiro atoms. The number of ether oxygens (including phenoxy) is 1. The van der Waals surface area contributed by atoms with E-state index in [-0.39, 0.29) is 23.6 Å². The number of benzene rings is 2. The van der Waals surface area contributed by atoms with Gasteiger partial charge < -0.3 is 9.84 Å². The number of carboxylic acid groups (broad SMARTS) is 1. The highest BCUT2D eigenvalue weighted by Gasteiger charge is 2.19. The van der Waals surface area contributed by atoms with Gasteiger partial charge in [0.05, 0.1) is 17.1 Å². The van der Waals surface area contributed by atoms with Crippen molar-refractivity contribution in [2.45, 2.75) is 4.90 Å². The zero-order valence-corrected chi connectivity index (χ0v) is 14.4. The molecular weight excluding hydrogens is 354 g/mol. The lowest BCUT2D eigenvalue weighted by Crippen LogP contribution is -2.27. The van der Waals surface area contributed by atoms with Crippen molar-refractivity contribution in [2.75, 3.05) is 20.3 Å². The van der Waals surface area contributed by atoms with Gasteiger partial charge in [0.2, 0.25) is 10.0 Å². The molecule has 0 saturated carbocycles. The number of halogens is 1. The van der Waals surface area contributed by atoms with Crippen LogP contribution >= 0.6 is 11.6 Å². The van der Waals surface area contributed by atoms with Crippen LogP contribution in [0.3, 0.4) is 0 Å². The van der Waals surface area contributed by atoms with Gasteiger partial charge in [0.15, 0.2) is 0 Å². The molecule has 0 bridgehead atoms. The van der Waals surface area contributed by atoms with E-state index in [1.165, 1.54) is 19.2 Å². The Hall–Kier alpha value is -1.93. The fraction of sp³-hybridized carbons (Fsp3) is 0.188. The molecule has 0 aromatic heterocycles. The summed E-state index contributed by atoms with van der Waals surface area (Å²) in [5, 5.41) is 9.95. The van der Waals surface area contributed by atoms with Gasteiger partial charge in [0, 0.05) is 18.7 Å². The van der Waals surface area contributed by atoms with Gasteiger partial charge in [-0.15, -0.1) is 0 Å². The largest absolute Gasteiger partial charge is 0.478 e. The fourth-order valence-electron chi connectivity index (χ4n) is 2.11. The third kappa shape index (κ3) is 4.33. The van der Waals surface area contributed by atoms with Crippen LogP contribution < -0.4 is 4.72 Å². The fourth-order valence-corrected chi connectivity index (χ4v) is 3.27. The minimum absolute atomic E-state index is 0.0974. The average molecular weight is 370 g/mol. The van der Waals surface area contributed by atoms with Crippen LogP contribution in [0.1, 0.15) is 10.4 Å². The molecular formula is C16H16ClNO5S. The highest BCUT2D eigenvalue weighted by Crippen LogP contribution is 2.27. The first-order valence-electron chi connectivity index (χ1n) is 6.97. The molecule has 0 saturated heterocycles. The Morgan fingerprint density at radius 1 is 1.21 bits per heavy atom. The quantitative estimate of drug-likeness (QED) is 0.732. The third-order valence-corrected chi connectivity index (χ3v) is 5.00. The van der Waals surface area contributed by atoms with Gasteiger partial charge in [-0.2, -0.15) is 0 Å². The number of nitrogens with one attached hydrogen (secondary N) is 1. The van der Waals surface area contributed by atoms with E-state index >= 15 is 0 Å². The Morgan fingerprint density at radius 2 is 1.88 bits per heavy atom. The van der Waals surface area contributed by atoms with Crippen LogP contribution in [-0.4, -0.2) is 39.8 Å². The molecule has 0 aliphatic heterocycles. The zero-order valence-electron chi connectivity index (χ0n) is 12.8. The smallest absolute Gasteiger partial charge is 0.336 e. The van der Waals surface area contributed by atoms with Crippen molar-refractivity contribution in [3.63, 3.8) is 0 Å². The molecule has 0 aliphatic rings. The maximum atomic E-state index is 12.2. The summed E-state index contributed by atoms with van der Waals surface area (Å²) in [6.45, 7) is 0.314. The Labute approximate surface area is 145 Å². The molecule has 8 heteroatoms. The zero-order chi connectivity index (χ0) is 17.7.